The third kappa shape index (κ3) is 7.43. The van der Waals surface area contributed by atoms with E-state index in [-0.39, 0.29) is 0 Å². The van der Waals surface area contributed by atoms with E-state index in [9.17, 15) is 0 Å². The van der Waals surface area contributed by atoms with Crippen LogP contribution in [0.1, 0.15) is 85.0 Å². The van der Waals surface area contributed by atoms with E-state index in [0.29, 0.717) is 0 Å². The molecule has 3 heteroatoms. The Morgan fingerprint density at radius 3 is 2.30 bits per heavy atom. The van der Waals surface area contributed by atoms with Gasteiger partial charge in [0, 0.05) is 29.4 Å². The first-order valence-corrected chi connectivity index (χ1v) is 11.0. The molecule has 0 spiro atoms. The van der Waals surface area contributed by atoms with Gasteiger partial charge in [-0.2, -0.15) is 0 Å². The normalized spacial score (nSPS) is 18.4. The van der Waals surface area contributed by atoms with Crippen molar-refractivity contribution >= 4 is 22.9 Å². The summed E-state index contributed by atoms with van der Waals surface area (Å²) in [5.74, 6) is 2.42. The molecule has 1 rings (SSSR count). The van der Waals surface area contributed by atoms with Crippen LogP contribution in [0.15, 0.2) is 11.1 Å². The van der Waals surface area contributed by atoms with Crippen LogP contribution in [-0.4, -0.2) is 13.1 Å². The maximum Gasteiger partial charge on any atom is 0.0169 e. The Labute approximate surface area is 158 Å². The van der Waals surface area contributed by atoms with Gasteiger partial charge in [-0.05, 0) is 69.2 Å². The topological polar surface area (TPSA) is 38.0 Å². The zero-order valence-electron chi connectivity index (χ0n) is 15.7. The van der Waals surface area contributed by atoms with Gasteiger partial charge in [-0.15, -0.1) is 0 Å². The highest BCUT2D eigenvalue weighted by Crippen LogP contribution is 2.40. The summed E-state index contributed by atoms with van der Waals surface area (Å²) in [6, 6.07) is 0. The molecule has 0 bridgehead atoms. The van der Waals surface area contributed by atoms with Crippen LogP contribution in [0.25, 0.3) is 0 Å². The predicted octanol–water partition coefficient (Wildman–Crippen LogP) is 6.00. The summed E-state index contributed by atoms with van der Waals surface area (Å²) < 4.78 is 3.34. The molecular weight excluding hydrogens is 395 g/mol. The monoisotopic (exact) mass is 434 g/mol. The number of rotatable bonds is 13. The summed E-state index contributed by atoms with van der Waals surface area (Å²) in [4.78, 5) is 0. The summed E-state index contributed by atoms with van der Waals surface area (Å²) >= 11 is 2.29. The van der Waals surface area contributed by atoms with Crippen LogP contribution in [-0.2, 0) is 0 Å². The number of hydrogen-bond donors (Lipinski definition) is 2. The van der Waals surface area contributed by atoms with Crippen molar-refractivity contribution in [1.82, 2.24) is 3.53 Å². The first kappa shape index (κ1) is 21.4. The fourth-order valence-corrected chi connectivity index (χ4v) is 4.43. The molecule has 0 radical (unpaired) electrons. The standard InChI is InChI=1S/C20H39IN2/c1-4-7-16(3)19(12-14-23-21)15-20(18-9-6-10-18)17(8-5-2)11-13-22/h16-17,19,23H,4-15,22H2,1-3H3. The lowest BCUT2D eigenvalue weighted by atomic mass is 9.73. The zero-order valence-corrected chi connectivity index (χ0v) is 17.8. The van der Waals surface area contributed by atoms with Crippen LogP contribution in [0.3, 0.4) is 0 Å². The van der Waals surface area contributed by atoms with E-state index in [2.05, 4.69) is 47.2 Å². The van der Waals surface area contributed by atoms with Gasteiger partial charge in [0.15, 0.2) is 0 Å². The molecule has 1 aliphatic carbocycles. The summed E-state index contributed by atoms with van der Waals surface area (Å²) in [7, 11) is 0. The van der Waals surface area contributed by atoms with Crippen molar-refractivity contribution in [1.29, 1.82) is 0 Å². The molecule has 0 aromatic heterocycles. The zero-order chi connectivity index (χ0) is 17.1. The highest BCUT2D eigenvalue weighted by Gasteiger charge is 2.26. The van der Waals surface area contributed by atoms with Crippen molar-refractivity contribution in [3.63, 3.8) is 0 Å². The van der Waals surface area contributed by atoms with E-state index in [1.165, 1.54) is 64.2 Å². The Kier molecular flexibility index (Phi) is 11.8. The molecule has 0 amide bonds. The molecule has 0 aromatic rings. The molecular formula is C20H39IN2. The Bertz CT molecular complexity index is 329. The van der Waals surface area contributed by atoms with Gasteiger partial charge in [0.1, 0.15) is 0 Å². The number of nitrogens with two attached hydrogens (primary N) is 1. The molecule has 2 nitrogen and oxygen atoms in total. The first-order valence-electron chi connectivity index (χ1n) is 9.92. The SMILES string of the molecule is CCCC(CCN)C(CC(CCNI)C(C)CCC)=C1CCC1. The van der Waals surface area contributed by atoms with Crippen LogP contribution in [0, 0.1) is 17.8 Å². The summed E-state index contributed by atoms with van der Waals surface area (Å²) in [6.45, 7) is 9.10. The number of allylic oxidation sites excluding steroid dienone is 2. The number of halogens is 1. The van der Waals surface area contributed by atoms with Crippen molar-refractivity contribution in [2.24, 2.45) is 23.5 Å². The van der Waals surface area contributed by atoms with Crippen molar-refractivity contribution < 1.29 is 0 Å². The lowest BCUT2D eigenvalue weighted by Gasteiger charge is -2.33. The van der Waals surface area contributed by atoms with Crippen LogP contribution >= 0.6 is 22.9 Å². The van der Waals surface area contributed by atoms with Gasteiger partial charge >= 0.3 is 0 Å². The molecule has 0 saturated heterocycles. The number of hydrogen-bond acceptors (Lipinski definition) is 2. The Hall–Kier alpha value is 0.390. The van der Waals surface area contributed by atoms with Gasteiger partial charge in [-0.3, -0.25) is 3.53 Å². The van der Waals surface area contributed by atoms with Crippen LogP contribution < -0.4 is 9.26 Å². The van der Waals surface area contributed by atoms with Crippen molar-refractivity contribution in [3.8, 4) is 0 Å². The molecule has 23 heavy (non-hydrogen) atoms. The molecule has 0 heterocycles. The van der Waals surface area contributed by atoms with Crippen molar-refractivity contribution in [2.75, 3.05) is 13.1 Å². The molecule has 1 aliphatic rings. The van der Waals surface area contributed by atoms with Gasteiger partial charge in [-0.1, -0.05) is 51.2 Å². The van der Waals surface area contributed by atoms with E-state index in [1.54, 1.807) is 5.57 Å². The second-order valence-corrected chi connectivity index (χ2v) is 8.21. The minimum Gasteiger partial charge on any atom is -0.330 e. The van der Waals surface area contributed by atoms with Gasteiger partial charge in [-0.25, -0.2) is 0 Å². The van der Waals surface area contributed by atoms with Crippen molar-refractivity contribution in [3.05, 3.63) is 11.1 Å². The molecule has 1 saturated carbocycles. The summed E-state index contributed by atoms with van der Waals surface area (Å²) in [5, 5.41) is 0. The minimum atomic E-state index is 0.754. The molecule has 1 fully saturated rings. The maximum atomic E-state index is 5.94. The van der Waals surface area contributed by atoms with Crippen LogP contribution in [0.4, 0.5) is 0 Å². The second-order valence-electron chi connectivity index (χ2n) is 7.45. The highest BCUT2D eigenvalue weighted by molar-refractivity contribution is 14.1. The van der Waals surface area contributed by atoms with E-state index >= 15 is 0 Å². The minimum absolute atomic E-state index is 0.754. The molecule has 0 aliphatic heterocycles. The Balaban J connectivity index is 2.86. The van der Waals surface area contributed by atoms with E-state index in [1.807, 2.05) is 5.57 Å². The molecule has 3 atom stereocenters. The molecule has 3 N–H and O–H groups in total. The van der Waals surface area contributed by atoms with Gasteiger partial charge < -0.3 is 5.73 Å². The number of nitrogens with one attached hydrogen (secondary N) is 1. The Morgan fingerprint density at radius 2 is 1.83 bits per heavy atom. The fraction of sp³-hybridized carbons (Fsp3) is 0.900. The van der Waals surface area contributed by atoms with Gasteiger partial charge in [0.2, 0.25) is 0 Å². The predicted molar refractivity (Wildman–Crippen MR) is 112 cm³/mol. The highest BCUT2D eigenvalue weighted by atomic mass is 127. The van der Waals surface area contributed by atoms with Gasteiger partial charge in [0.05, 0.1) is 0 Å². The first-order chi connectivity index (χ1) is 11.2. The van der Waals surface area contributed by atoms with Crippen LogP contribution in [0.2, 0.25) is 0 Å². The third-order valence-corrected chi connectivity index (χ3v) is 6.24. The largest absolute Gasteiger partial charge is 0.330 e. The maximum absolute atomic E-state index is 5.94. The van der Waals surface area contributed by atoms with Gasteiger partial charge in [0.25, 0.3) is 0 Å². The molecule has 0 aromatic carbocycles. The quantitative estimate of drug-likeness (QED) is 0.212. The van der Waals surface area contributed by atoms with E-state index < -0.39 is 0 Å². The molecule has 3 unspecified atom stereocenters. The third-order valence-electron chi connectivity index (χ3n) is 5.70. The average Bonchev–Trinajstić information content (AvgIpc) is 2.48. The lowest BCUT2D eigenvalue weighted by molar-refractivity contribution is 0.300. The van der Waals surface area contributed by atoms with E-state index in [0.717, 1.165) is 30.8 Å². The van der Waals surface area contributed by atoms with E-state index in [4.69, 9.17) is 5.73 Å². The smallest absolute Gasteiger partial charge is 0.0169 e. The summed E-state index contributed by atoms with van der Waals surface area (Å²) in [6.07, 6.45) is 13.2. The second kappa shape index (κ2) is 12.7. The average molecular weight is 434 g/mol. The Morgan fingerprint density at radius 1 is 1.13 bits per heavy atom. The fourth-order valence-electron chi connectivity index (χ4n) is 4.12. The lowest BCUT2D eigenvalue weighted by Crippen LogP contribution is -2.22. The summed E-state index contributed by atoms with van der Waals surface area (Å²) in [5.41, 5.74) is 9.57. The molecule has 136 valence electrons. The van der Waals surface area contributed by atoms with Crippen LogP contribution in [0.5, 0.6) is 0 Å². The van der Waals surface area contributed by atoms with Crippen molar-refractivity contribution in [2.45, 2.75) is 85.0 Å².